The smallest absolute Gasteiger partial charge is 0.338 e. The molecule has 0 bridgehead atoms. The summed E-state index contributed by atoms with van der Waals surface area (Å²) in [6, 6.07) is 4.70. The van der Waals surface area contributed by atoms with Crippen LogP contribution in [0.1, 0.15) is 23.2 Å². The summed E-state index contributed by atoms with van der Waals surface area (Å²) in [5.41, 5.74) is 0.298. The van der Waals surface area contributed by atoms with Crippen molar-refractivity contribution < 1.29 is 28.9 Å². The Morgan fingerprint density at radius 1 is 1.11 bits per heavy atom. The summed E-state index contributed by atoms with van der Waals surface area (Å²) in [6.45, 7) is 0.0602. The molecule has 0 heterocycles. The van der Waals surface area contributed by atoms with Crippen LogP contribution in [-0.2, 0) is 9.53 Å². The molecular formula is C13H16O6. The van der Waals surface area contributed by atoms with Crippen LogP contribution in [0.3, 0.4) is 0 Å². The second kappa shape index (κ2) is 7.25. The second-order valence-corrected chi connectivity index (χ2v) is 3.73. The topological polar surface area (TPSA) is 82.1 Å². The Morgan fingerprint density at radius 2 is 1.68 bits per heavy atom. The zero-order valence-corrected chi connectivity index (χ0v) is 10.8. The van der Waals surface area contributed by atoms with Crippen LogP contribution in [0.25, 0.3) is 0 Å². The number of aliphatic carboxylic acids is 1. The van der Waals surface area contributed by atoms with Crippen molar-refractivity contribution in [1.82, 2.24) is 0 Å². The van der Waals surface area contributed by atoms with Crippen LogP contribution < -0.4 is 9.47 Å². The first-order valence-electron chi connectivity index (χ1n) is 5.69. The Hall–Kier alpha value is -2.24. The van der Waals surface area contributed by atoms with Crippen molar-refractivity contribution in [3.63, 3.8) is 0 Å². The molecule has 0 aliphatic heterocycles. The molecule has 104 valence electrons. The van der Waals surface area contributed by atoms with Crippen LogP contribution in [-0.4, -0.2) is 37.9 Å². The van der Waals surface area contributed by atoms with Crippen LogP contribution in [0, 0.1) is 0 Å². The van der Waals surface area contributed by atoms with E-state index in [2.05, 4.69) is 0 Å². The maximum Gasteiger partial charge on any atom is 0.338 e. The Balaban J connectivity index is 2.63. The predicted molar refractivity (Wildman–Crippen MR) is 66.7 cm³/mol. The van der Waals surface area contributed by atoms with E-state index in [-0.39, 0.29) is 19.4 Å². The number of esters is 1. The quantitative estimate of drug-likeness (QED) is 0.599. The lowest BCUT2D eigenvalue weighted by Gasteiger charge is -2.08. The summed E-state index contributed by atoms with van der Waals surface area (Å²) in [5, 5.41) is 8.46. The fraction of sp³-hybridized carbons (Fsp3) is 0.385. The zero-order valence-electron chi connectivity index (χ0n) is 10.8. The van der Waals surface area contributed by atoms with E-state index in [9.17, 15) is 9.59 Å². The van der Waals surface area contributed by atoms with E-state index in [0.717, 1.165) is 0 Å². The SMILES string of the molecule is COc1cc(OC)cc(C(=O)OCCCC(=O)O)c1. The fourth-order valence-electron chi connectivity index (χ4n) is 1.40. The molecule has 6 nitrogen and oxygen atoms in total. The average Bonchev–Trinajstić information content (AvgIpc) is 2.42. The minimum absolute atomic E-state index is 0.0330. The monoisotopic (exact) mass is 268 g/mol. The Kier molecular flexibility index (Phi) is 5.66. The number of rotatable bonds is 7. The molecule has 6 heteroatoms. The maximum atomic E-state index is 11.7. The molecule has 0 atom stereocenters. The van der Waals surface area contributed by atoms with Crippen LogP contribution in [0.5, 0.6) is 11.5 Å². The van der Waals surface area contributed by atoms with Crippen molar-refractivity contribution >= 4 is 11.9 Å². The number of hydrogen-bond acceptors (Lipinski definition) is 5. The number of carboxylic acid groups (broad SMARTS) is 1. The molecule has 0 spiro atoms. The first kappa shape index (κ1) is 14.8. The molecule has 0 aliphatic rings. The number of hydrogen-bond donors (Lipinski definition) is 1. The summed E-state index contributed by atoms with van der Waals surface area (Å²) in [6.07, 6.45) is 0.247. The van der Waals surface area contributed by atoms with Crippen LogP contribution in [0.2, 0.25) is 0 Å². The van der Waals surface area contributed by atoms with Gasteiger partial charge in [-0.3, -0.25) is 4.79 Å². The molecule has 0 aliphatic carbocycles. The van der Waals surface area contributed by atoms with Gasteiger partial charge in [-0.25, -0.2) is 4.79 Å². The summed E-state index contributed by atoms with van der Waals surface area (Å²) >= 11 is 0. The molecule has 1 rings (SSSR count). The van der Waals surface area contributed by atoms with Gasteiger partial charge in [-0.1, -0.05) is 0 Å². The van der Waals surface area contributed by atoms with Gasteiger partial charge in [0.15, 0.2) is 0 Å². The molecule has 0 radical (unpaired) electrons. The highest BCUT2D eigenvalue weighted by Crippen LogP contribution is 2.22. The van der Waals surface area contributed by atoms with Gasteiger partial charge in [-0.15, -0.1) is 0 Å². The third-order valence-corrected chi connectivity index (χ3v) is 2.36. The van der Waals surface area contributed by atoms with E-state index < -0.39 is 11.9 Å². The second-order valence-electron chi connectivity index (χ2n) is 3.73. The lowest BCUT2D eigenvalue weighted by atomic mass is 10.2. The third kappa shape index (κ3) is 4.87. The van der Waals surface area contributed by atoms with E-state index in [1.807, 2.05) is 0 Å². The standard InChI is InChI=1S/C13H16O6/c1-17-10-6-9(7-11(8-10)18-2)13(16)19-5-3-4-12(14)15/h6-8H,3-5H2,1-2H3,(H,14,15). The molecule has 0 saturated heterocycles. The van der Waals surface area contributed by atoms with E-state index in [0.29, 0.717) is 17.1 Å². The lowest BCUT2D eigenvalue weighted by Crippen LogP contribution is -2.08. The Labute approximate surface area is 110 Å². The van der Waals surface area contributed by atoms with Crippen molar-refractivity contribution in [2.45, 2.75) is 12.8 Å². The van der Waals surface area contributed by atoms with E-state index in [4.69, 9.17) is 19.3 Å². The number of carboxylic acids is 1. The highest BCUT2D eigenvalue weighted by atomic mass is 16.5. The van der Waals surface area contributed by atoms with Crippen molar-refractivity contribution in [3.05, 3.63) is 23.8 Å². The molecule has 19 heavy (non-hydrogen) atoms. The number of benzene rings is 1. The van der Waals surface area contributed by atoms with Crippen molar-refractivity contribution in [2.75, 3.05) is 20.8 Å². The number of carbonyl (C=O) groups is 2. The summed E-state index contributed by atoms with van der Waals surface area (Å²) in [4.78, 5) is 22.1. The molecule has 1 N–H and O–H groups in total. The Morgan fingerprint density at radius 3 is 2.16 bits per heavy atom. The van der Waals surface area contributed by atoms with Crippen LogP contribution in [0.15, 0.2) is 18.2 Å². The molecule has 0 aromatic heterocycles. The van der Waals surface area contributed by atoms with Crippen LogP contribution >= 0.6 is 0 Å². The molecule has 0 saturated carbocycles. The largest absolute Gasteiger partial charge is 0.497 e. The zero-order chi connectivity index (χ0) is 14.3. The molecule has 0 unspecified atom stereocenters. The van der Waals surface area contributed by atoms with Gasteiger partial charge < -0.3 is 19.3 Å². The van der Waals surface area contributed by atoms with Gasteiger partial charge in [0.25, 0.3) is 0 Å². The van der Waals surface area contributed by atoms with Crippen molar-refractivity contribution in [3.8, 4) is 11.5 Å². The minimum Gasteiger partial charge on any atom is -0.497 e. The van der Waals surface area contributed by atoms with E-state index >= 15 is 0 Å². The van der Waals surface area contributed by atoms with Gasteiger partial charge in [-0.2, -0.15) is 0 Å². The molecule has 1 aromatic carbocycles. The highest BCUT2D eigenvalue weighted by molar-refractivity contribution is 5.90. The van der Waals surface area contributed by atoms with Gasteiger partial charge in [0.1, 0.15) is 11.5 Å². The van der Waals surface area contributed by atoms with Gasteiger partial charge in [0, 0.05) is 12.5 Å². The minimum atomic E-state index is -0.918. The maximum absolute atomic E-state index is 11.7. The van der Waals surface area contributed by atoms with E-state index in [1.54, 1.807) is 6.07 Å². The summed E-state index contributed by atoms with van der Waals surface area (Å²) in [5.74, 6) is -0.490. The van der Waals surface area contributed by atoms with Gasteiger partial charge >= 0.3 is 11.9 Å². The predicted octanol–water partition coefficient (Wildman–Crippen LogP) is 1.73. The highest BCUT2D eigenvalue weighted by Gasteiger charge is 2.11. The normalized spacial score (nSPS) is 9.79. The first-order chi connectivity index (χ1) is 9.06. The number of ether oxygens (including phenoxy) is 3. The average molecular weight is 268 g/mol. The molecule has 0 fully saturated rings. The number of carbonyl (C=O) groups excluding carboxylic acids is 1. The summed E-state index contributed by atoms with van der Waals surface area (Å²) in [7, 11) is 2.97. The molecule has 1 aromatic rings. The third-order valence-electron chi connectivity index (χ3n) is 2.36. The lowest BCUT2D eigenvalue weighted by molar-refractivity contribution is -0.137. The molecule has 0 amide bonds. The number of methoxy groups -OCH3 is 2. The summed E-state index contributed by atoms with van der Waals surface area (Å²) < 4.78 is 15.0. The molecular weight excluding hydrogens is 252 g/mol. The van der Waals surface area contributed by atoms with Crippen molar-refractivity contribution in [1.29, 1.82) is 0 Å². The van der Waals surface area contributed by atoms with E-state index in [1.165, 1.54) is 26.4 Å². The van der Waals surface area contributed by atoms with Crippen molar-refractivity contribution in [2.24, 2.45) is 0 Å². The van der Waals surface area contributed by atoms with Crippen LogP contribution in [0.4, 0.5) is 0 Å². The Bertz CT molecular complexity index is 432. The fourth-order valence-corrected chi connectivity index (χ4v) is 1.40. The van der Waals surface area contributed by atoms with Gasteiger partial charge in [0.05, 0.1) is 26.4 Å². The van der Waals surface area contributed by atoms with Gasteiger partial charge in [-0.05, 0) is 18.6 Å². The first-order valence-corrected chi connectivity index (χ1v) is 5.69. The van der Waals surface area contributed by atoms with Gasteiger partial charge in [0.2, 0.25) is 0 Å².